The van der Waals surface area contributed by atoms with E-state index >= 15 is 0 Å². The van der Waals surface area contributed by atoms with Gasteiger partial charge in [-0.2, -0.15) is 0 Å². The van der Waals surface area contributed by atoms with Gasteiger partial charge in [0.15, 0.2) is 0 Å². The number of aryl methyl sites for hydroxylation is 1. The summed E-state index contributed by atoms with van der Waals surface area (Å²) in [7, 11) is 0. The van der Waals surface area contributed by atoms with Crippen molar-refractivity contribution >= 4 is 5.97 Å². The molecule has 0 aliphatic heterocycles. The van der Waals surface area contributed by atoms with Crippen molar-refractivity contribution in [1.29, 1.82) is 0 Å². The third kappa shape index (κ3) is 13.6. The number of benzene rings is 1. The third-order valence-electron chi connectivity index (χ3n) is 5.82. The van der Waals surface area contributed by atoms with E-state index in [0.29, 0.717) is 11.3 Å². The number of ether oxygens (including phenoxy) is 1. The molecule has 0 fully saturated rings. The second-order valence-corrected chi connectivity index (χ2v) is 8.83. The van der Waals surface area contributed by atoms with E-state index < -0.39 is 0 Å². The van der Waals surface area contributed by atoms with Crippen molar-refractivity contribution in [2.24, 2.45) is 0 Å². The van der Waals surface area contributed by atoms with Gasteiger partial charge in [-0.25, -0.2) is 4.79 Å². The van der Waals surface area contributed by atoms with Crippen molar-refractivity contribution in [2.75, 3.05) is 0 Å². The van der Waals surface area contributed by atoms with Gasteiger partial charge in [0.2, 0.25) is 0 Å². The van der Waals surface area contributed by atoms with E-state index in [0.717, 1.165) is 18.4 Å². The number of rotatable bonds is 19. The van der Waals surface area contributed by atoms with E-state index in [1.165, 1.54) is 96.3 Å². The lowest BCUT2D eigenvalue weighted by atomic mass is 10.0. The fourth-order valence-electron chi connectivity index (χ4n) is 3.86. The molecule has 30 heavy (non-hydrogen) atoms. The van der Waals surface area contributed by atoms with Gasteiger partial charge in [0.1, 0.15) is 5.75 Å². The Morgan fingerprint density at radius 1 is 0.733 bits per heavy atom. The monoisotopic (exact) mass is 414 g/mol. The summed E-state index contributed by atoms with van der Waals surface area (Å²) in [6.45, 7) is 7.62. The second kappa shape index (κ2) is 18.2. The van der Waals surface area contributed by atoms with Crippen molar-refractivity contribution in [3.05, 3.63) is 42.0 Å². The molecule has 2 heteroatoms. The standard InChI is InChI=1S/C28H46O2/c1-4-5-6-7-8-9-10-11-12-13-14-15-16-17-18-19-22-26-23-20-21-24-27(26)30-28(29)25(2)3/h20-21,23-24H,2,4-19,22H2,1,3H3. The van der Waals surface area contributed by atoms with Crippen LogP contribution in [-0.4, -0.2) is 5.97 Å². The van der Waals surface area contributed by atoms with Crippen LogP contribution in [0.4, 0.5) is 0 Å². The first-order chi connectivity index (χ1) is 14.6. The molecule has 1 aromatic rings. The highest BCUT2D eigenvalue weighted by atomic mass is 16.5. The zero-order chi connectivity index (χ0) is 21.9. The highest BCUT2D eigenvalue weighted by Gasteiger charge is 2.09. The molecule has 0 saturated heterocycles. The Balaban J connectivity index is 1.96. The summed E-state index contributed by atoms with van der Waals surface area (Å²) in [6.07, 6.45) is 23.1. The normalized spacial score (nSPS) is 10.9. The topological polar surface area (TPSA) is 26.3 Å². The summed E-state index contributed by atoms with van der Waals surface area (Å²) in [6, 6.07) is 7.87. The molecule has 1 rings (SSSR count). The first-order valence-corrected chi connectivity index (χ1v) is 12.6. The van der Waals surface area contributed by atoms with Gasteiger partial charge in [0, 0.05) is 5.57 Å². The maximum atomic E-state index is 11.8. The molecule has 0 bridgehead atoms. The van der Waals surface area contributed by atoms with Crippen molar-refractivity contribution in [2.45, 2.75) is 123 Å². The number of para-hydroxylation sites is 1. The molecule has 0 unspecified atom stereocenters. The van der Waals surface area contributed by atoms with Crippen LogP contribution >= 0.6 is 0 Å². The molecule has 0 heterocycles. The Labute approximate surface area is 186 Å². The molecular weight excluding hydrogens is 368 g/mol. The zero-order valence-electron chi connectivity index (χ0n) is 19.9. The van der Waals surface area contributed by atoms with E-state index in [1.54, 1.807) is 6.92 Å². The molecule has 0 saturated carbocycles. The summed E-state index contributed by atoms with van der Waals surface area (Å²) >= 11 is 0. The summed E-state index contributed by atoms with van der Waals surface area (Å²) in [4.78, 5) is 11.8. The number of carbonyl (C=O) groups excluding carboxylic acids is 1. The van der Waals surface area contributed by atoms with Gasteiger partial charge in [-0.15, -0.1) is 0 Å². The minimum Gasteiger partial charge on any atom is -0.423 e. The molecule has 0 atom stereocenters. The smallest absolute Gasteiger partial charge is 0.338 e. The minimum absolute atomic E-state index is 0.338. The lowest BCUT2D eigenvalue weighted by molar-refractivity contribution is -0.130. The van der Waals surface area contributed by atoms with Crippen LogP contribution < -0.4 is 4.74 Å². The van der Waals surface area contributed by atoms with Crippen LogP contribution in [0.3, 0.4) is 0 Å². The number of hydrogen-bond donors (Lipinski definition) is 0. The highest BCUT2D eigenvalue weighted by molar-refractivity contribution is 5.88. The Morgan fingerprint density at radius 2 is 1.17 bits per heavy atom. The van der Waals surface area contributed by atoms with Gasteiger partial charge in [-0.1, -0.05) is 128 Å². The Kier molecular flexibility index (Phi) is 16.1. The molecule has 0 N–H and O–H groups in total. The third-order valence-corrected chi connectivity index (χ3v) is 5.82. The molecule has 0 aromatic heterocycles. The van der Waals surface area contributed by atoms with Crippen LogP contribution in [0, 0.1) is 0 Å². The van der Waals surface area contributed by atoms with E-state index in [-0.39, 0.29) is 5.97 Å². The fraction of sp³-hybridized carbons (Fsp3) is 0.679. The average molecular weight is 415 g/mol. The Bertz CT molecular complexity index is 576. The Hall–Kier alpha value is -1.57. The Morgan fingerprint density at radius 3 is 1.63 bits per heavy atom. The lowest BCUT2D eigenvalue weighted by Crippen LogP contribution is -2.09. The largest absolute Gasteiger partial charge is 0.423 e. The maximum absolute atomic E-state index is 11.8. The van der Waals surface area contributed by atoms with Crippen LogP contribution in [0.25, 0.3) is 0 Å². The first-order valence-electron chi connectivity index (χ1n) is 12.6. The van der Waals surface area contributed by atoms with Crippen LogP contribution in [-0.2, 0) is 11.2 Å². The SMILES string of the molecule is C=C(C)C(=O)Oc1ccccc1CCCCCCCCCCCCCCCCCC. The second-order valence-electron chi connectivity index (χ2n) is 8.83. The average Bonchev–Trinajstić information content (AvgIpc) is 2.74. The summed E-state index contributed by atoms with van der Waals surface area (Å²) < 4.78 is 5.45. The predicted molar refractivity (Wildman–Crippen MR) is 130 cm³/mol. The maximum Gasteiger partial charge on any atom is 0.338 e. The summed E-state index contributed by atoms with van der Waals surface area (Å²) in [5.41, 5.74) is 1.56. The van der Waals surface area contributed by atoms with Crippen molar-refractivity contribution in [1.82, 2.24) is 0 Å². The van der Waals surface area contributed by atoms with Gasteiger partial charge in [-0.3, -0.25) is 0 Å². The van der Waals surface area contributed by atoms with E-state index in [9.17, 15) is 4.79 Å². The molecule has 0 amide bonds. The van der Waals surface area contributed by atoms with Gasteiger partial charge in [0.25, 0.3) is 0 Å². The minimum atomic E-state index is -0.338. The quantitative estimate of drug-likeness (QED) is 0.0977. The fourth-order valence-corrected chi connectivity index (χ4v) is 3.86. The summed E-state index contributed by atoms with van der Waals surface area (Å²) in [5.74, 6) is 0.348. The van der Waals surface area contributed by atoms with Gasteiger partial charge in [-0.05, 0) is 31.4 Å². The predicted octanol–water partition coefficient (Wildman–Crippen LogP) is 8.97. The summed E-state index contributed by atoms with van der Waals surface area (Å²) in [5, 5.41) is 0. The van der Waals surface area contributed by atoms with Gasteiger partial charge < -0.3 is 4.74 Å². The number of hydrogen-bond acceptors (Lipinski definition) is 2. The van der Waals surface area contributed by atoms with E-state index in [2.05, 4.69) is 19.6 Å². The molecule has 0 aliphatic rings. The number of unbranched alkanes of at least 4 members (excludes halogenated alkanes) is 15. The molecule has 1 aromatic carbocycles. The number of carbonyl (C=O) groups is 1. The van der Waals surface area contributed by atoms with Crippen LogP contribution in [0.1, 0.15) is 122 Å². The highest BCUT2D eigenvalue weighted by Crippen LogP contribution is 2.22. The van der Waals surface area contributed by atoms with E-state index in [4.69, 9.17) is 4.74 Å². The van der Waals surface area contributed by atoms with Gasteiger partial charge in [0.05, 0.1) is 0 Å². The molecule has 0 spiro atoms. The van der Waals surface area contributed by atoms with Crippen molar-refractivity contribution < 1.29 is 9.53 Å². The van der Waals surface area contributed by atoms with Crippen molar-refractivity contribution in [3.8, 4) is 5.75 Å². The van der Waals surface area contributed by atoms with Crippen molar-refractivity contribution in [3.63, 3.8) is 0 Å². The van der Waals surface area contributed by atoms with Crippen LogP contribution in [0.5, 0.6) is 5.75 Å². The van der Waals surface area contributed by atoms with Gasteiger partial charge >= 0.3 is 5.97 Å². The molecule has 170 valence electrons. The van der Waals surface area contributed by atoms with Crippen LogP contribution in [0.2, 0.25) is 0 Å². The van der Waals surface area contributed by atoms with Crippen LogP contribution in [0.15, 0.2) is 36.4 Å². The lowest BCUT2D eigenvalue weighted by Gasteiger charge is -2.10. The van der Waals surface area contributed by atoms with E-state index in [1.807, 2.05) is 18.2 Å². The zero-order valence-corrected chi connectivity index (χ0v) is 19.9. The first kappa shape index (κ1) is 26.5. The number of esters is 1. The molecular formula is C28H46O2. The molecule has 0 aliphatic carbocycles. The molecule has 2 nitrogen and oxygen atoms in total. The molecule has 0 radical (unpaired) electrons.